The number of amides is 2. The Morgan fingerprint density at radius 3 is 2.48 bits per heavy atom. The van der Waals surface area contributed by atoms with Crippen LogP contribution in [0, 0.1) is 5.92 Å². The molecule has 1 aliphatic heterocycles. The molecule has 2 amide bonds. The van der Waals surface area contributed by atoms with E-state index in [1.54, 1.807) is 0 Å². The summed E-state index contributed by atoms with van der Waals surface area (Å²) >= 11 is 0. The second kappa shape index (κ2) is 9.30. The second-order valence-corrected chi connectivity index (χ2v) is 6.10. The third kappa shape index (κ3) is 6.02. The predicted octanol–water partition coefficient (Wildman–Crippen LogP) is 1.54. The van der Waals surface area contributed by atoms with Crippen LogP contribution in [0.15, 0.2) is 30.3 Å². The van der Waals surface area contributed by atoms with Gasteiger partial charge in [0.25, 0.3) is 0 Å². The van der Waals surface area contributed by atoms with Gasteiger partial charge in [0.15, 0.2) is 0 Å². The number of likely N-dealkylation sites (tertiary alicyclic amines) is 1. The first-order valence-corrected chi connectivity index (χ1v) is 8.49. The van der Waals surface area contributed by atoms with E-state index in [2.05, 4.69) is 22.5 Å². The van der Waals surface area contributed by atoms with Crippen molar-refractivity contribution in [2.24, 2.45) is 5.92 Å². The van der Waals surface area contributed by atoms with Crippen molar-refractivity contribution in [3.8, 4) is 0 Å². The number of benzene rings is 1. The summed E-state index contributed by atoms with van der Waals surface area (Å²) in [6.45, 7) is 5.40. The second-order valence-electron chi connectivity index (χ2n) is 6.10. The van der Waals surface area contributed by atoms with E-state index >= 15 is 0 Å². The molecule has 0 bridgehead atoms. The number of nitrogens with zero attached hydrogens (tertiary/aromatic N) is 1. The predicted molar refractivity (Wildman–Crippen MR) is 90.8 cm³/mol. The molecule has 2 N–H and O–H groups in total. The highest BCUT2D eigenvalue weighted by molar-refractivity contribution is 5.79. The van der Waals surface area contributed by atoms with Gasteiger partial charge in [0.1, 0.15) is 0 Å². The summed E-state index contributed by atoms with van der Waals surface area (Å²) in [5.41, 5.74) is 1.10. The lowest BCUT2D eigenvalue weighted by atomic mass is 9.96. The maximum absolute atomic E-state index is 12.0. The van der Waals surface area contributed by atoms with E-state index < -0.39 is 0 Å². The molecule has 1 aliphatic rings. The number of piperidine rings is 1. The molecular formula is C18H27N3O2. The Bertz CT molecular complexity index is 496. The summed E-state index contributed by atoms with van der Waals surface area (Å²) in [6, 6.07) is 9.90. The van der Waals surface area contributed by atoms with Gasteiger partial charge in [-0.1, -0.05) is 37.3 Å². The molecule has 1 fully saturated rings. The molecule has 1 heterocycles. The lowest BCUT2D eigenvalue weighted by Crippen LogP contribution is -2.44. The van der Waals surface area contributed by atoms with E-state index in [1.165, 1.54) is 0 Å². The lowest BCUT2D eigenvalue weighted by Gasteiger charge is -2.30. The first kappa shape index (κ1) is 17.5. The van der Waals surface area contributed by atoms with Crippen molar-refractivity contribution in [2.45, 2.75) is 32.7 Å². The van der Waals surface area contributed by atoms with E-state index in [0.29, 0.717) is 13.1 Å². The normalized spacial score (nSPS) is 16.0. The zero-order valence-electron chi connectivity index (χ0n) is 13.9. The van der Waals surface area contributed by atoms with E-state index in [9.17, 15) is 9.59 Å². The zero-order valence-corrected chi connectivity index (χ0v) is 13.9. The van der Waals surface area contributed by atoms with Crippen molar-refractivity contribution in [3.05, 3.63) is 35.9 Å². The first-order valence-electron chi connectivity index (χ1n) is 8.49. The Morgan fingerprint density at radius 1 is 1.13 bits per heavy atom. The van der Waals surface area contributed by atoms with Gasteiger partial charge in [-0.25, -0.2) is 0 Å². The molecular weight excluding hydrogens is 290 g/mol. The highest BCUT2D eigenvalue weighted by Crippen LogP contribution is 2.17. The topological polar surface area (TPSA) is 61.4 Å². The number of hydrogen-bond donors (Lipinski definition) is 2. The van der Waals surface area contributed by atoms with Gasteiger partial charge in [-0.2, -0.15) is 0 Å². The molecule has 1 aromatic rings. The van der Waals surface area contributed by atoms with Gasteiger partial charge in [-0.15, -0.1) is 0 Å². The average molecular weight is 317 g/mol. The minimum absolute atomic E-state index is 0.0442. The van der Waals surface area contributed by atoms with E-state index in [1.807, 2.05) is 30.3 Å². The van der Waals surface area contributed by atoms with Crippen molar-refractivity contribution in [3.63, 3.8) is 0 Å². The fraction of sp³-hybridized carbons (Fsp3) is 0.556. The van der Waals surface area contributed by atoms with Crippen LogP contribution in [0.5, 0.6) is 0 Å². The Labute approximate surface area is 138 Å². The fourth-order valence-corrected chi connectivity index (χ4v) is 2.80. The molecule has 5 heteroatoms. The van der Waals surface area contributed by atoms with E-state index in [-0.39, 0.29) is 17.7 Å². The van der Waals surface area contributed by atoms with E-state index in [4.69, 9.17) is 0 Å². The van der Waals surface area contributed by atoms with Crippen LogP contribution in [0.1, 0.15) is 31.7 Å². The molecule has 0 spiro atoms. The number of nitrogens with one attached hydrogen (secondary N) is 2. The molecule has 23 heavy (non-hydrogen) atoms. The van der Waals surface area contributed by atoms with Crippen molar-refractivity contribution in [1.82, 2.24) is 15.5 Å². The molecule has 5 nitrogen and oxygen atoms in total. The molecule has 1 saturated heterocycles. The van der Waals surface area contributed by atoms with Crippen molar-refractivity contribution in [2.75, 3.05) is 26.2 Å². The maximum Gasteiger partial charge on any atom is 0.234 e. The first-order chi connectivity index (χ1) is 11.2. The Hall–Kier alpha value is -1.88. The Balaban J connectivity index is 1.65. The third-order valence-corrected chi connectivity index (χ3v) is 4.21. The van der Waals surface area contributed by atoms with Gasteiger partial charge in [-0.05, 0) is 37.9 Å². The summed E-state index contributed by atoms with van der Waals surface area (Å²) in [7, 11) is 0. The maximum atomic E-state index is 12.0. The summed E-state index contributed by atoms with van der Waals surface area (Å²) in [4.78, 5) is 26.1. The van der Waals surface area contributed by atoms with Crippen molar-refractivity contribution in [1.29, 1.82) is 0 Å². The molecule has 1 aromatic carbocycles. The quantitative estimate of drug-likeness (QED) is 0.802. The fourth-order valence-electron chi connectivity index (χ4n) is 2.80. The minimum atomic E-state index is 0.0442. The number of carbonyl (C=O) groups is 2. The van der Waals surface area contributed by atoms with Crippen LogP contribution in [0.2, 0.25) is 0 Å². The smallest absolute Gasteiger partial charge is 0.234 e. The summed E-state index contributed by atoms with van der Waals surface area (Å²) < 4.78 is 0. The van der Waals surface area contributed by atoms with Crippen LogP contribution in [-0.2, 0) is 16.1 Å². The van der Waals surface area contributed by atoms with Gasteiger partial charge in [-0.3, -0.25) is 14.5 Å². The van der Waals surface area contributed by atoms with Crippen LogP contribution in [-0.4, -0.2) is 42.9 Å². The molecule has 0 aromatic heterocycles. The van der Waals surface area contributed by atoms with Gasteiger partial charge in [0, 0.05) is 19.0 Å². The van der Waals surface area contributed by atoms with Gasteiger partial charge < -0.3 is 10.6 Å². The lowest BCUT2D eigenvalue weighted by molar-refractivity contribution is -0.126. The average Bonchev–Trinajstić information content (AvgIpc) is 2.59. The molecule has 0 aliphatic carbocycles. The minimum Gasteiger partial charge on any atom is -0.356 e. The van der Waals surface area contributed by atoms with E-state index in [0.717, 1.165) is 44.5 Å². The van der Waals surface area contributed by atoms with Crippen molar-refractivity contribution >= 4 is 11.8 Å². The molecule has 0 saturated carbocycles. The highest BCUT2D eigenvalue weighted by atomic mass is 16.2. The van der Waals surface area contributed by atoms with Crippen molar-refractivity contribution < 1.29 is 9.59 Å². The number of rotatable bonds is 7. The van der Waals surface area contributed by atoms with Crippen LogP contribution < -0.4 is 10.6 Å². The summed E-state index contributed by atoms with van der Waals surface area (Å²) in [6.07, 6.45) is 2.63. The summed E-state index contributed by atoms with van der Waals surface area (Å²) in [5.74, 6) is 0.313. The van der Waals surface area contributed by atoms with Crippen LogP contribution in [0.3, 0.4) is 0 Å². The zero-order chi connectivity index (χ0) is 16.5. The monoisotopic (exact) mass is 317 g/mol. The Kier molecular flexibility index (Phi) is 7.07. The standard InChI is InChI=1S/C18H27N3O2/c1-2-10-19-18(23)16-8-11-21(12-9-16)14-17(22)20-13-15-6-4-3-5-7-15/h3-7,16H,2,8-14H2,1H3,(H,19,23)(H,20,22). The van der Waals surface area contributed by atoms with Gasteiger partial charge >= 0.3 is 0 Å². The van der Waals surface area contributed by atoms with Crippen LogP contribution in [0.4, 0.5) is 0 Å². The molecule has 2 rings (SSSR count). The Morgan fingerprint density at radius 2 is 1.83 bits per heavy atom. The number of carbonyl (C=O) groups excluding carboxylic acids is 2. The van der Waals surface area contributed by atoms with Crippen LogP contribution in [0.25, 0.3) is 0 Å². The molecule has 0 unspecified atom stereocenters. The van der Waals surface area contributed by atoms with Gasteiger partial charge in [0.2, 0.25) is 11.8 Å². The molecule has 0 radical (unpaired) electrons. The SMILES string of the molecule is CCCNC(=O)C1CCN(CC(=O)NCc2ccccc2)CC1. The molecule has 0 atom stereocenters. The number of hydrogen-bond acceptors (Lipinski definition) is 3. The molecule has 126 valence electrons. The highest BCUT2D eigenvalue weighted by Gasteiger charge is 2.25. The summed E-state index contributed by atoms with van der Waals surface area (Å²) in [5, 5.41) is 5.91. The van der Waals surface area contributed by atoms with Gasteiger partial charge in [0.05, 0.1) is 6.54 Å². The van der Waals surface area contributed by atoms with Crippen LogP contribution >= 0.6 is 0 Å². The third-order valence-electron chi connectivity index (χ3n) is 4.21. The largest absolute Gasteiger partial charge is 0.356 e.